The van der Waals surface area contributed by atoms with Gasteiger partial charge in [0, 0.05) is 13.3 Å². The van der Waals surface area contributed by atoms with Gasteiger partial charge in [-0.15, -0.1) is 0 Å². The third kappa shape index (κ3) is 7.67. The molecule has 0 radical (unpaired) electrons. The van der Waals surface area contributed by atoms with Crippen LogP contribution in [0.25, 0.3) is 0 Å². The number of nitrogens with one attached hydrogen (secondary N) is 2. The molecule has 13 N–H and O–H groups in total. The quantitative estimate of drug-likeness (QED) is 0.0905. The Morgan fingerprint density at radius 3 is 1.79 bits per heavy atom. The molecular formula is C22H36N2O18. The third-order valence-corrected chi connectivity index (χ3v) is 6.74. The maximum Gasteiger partial charge on any atom is 0.377 e. The summed E-state index contributed by atoms with van der Waals surface area (Å²) in [5.41, 5.74) is 0. The van der Waals surface area contributed by atoms with Gasteiger partial charge in [0.05, 0.1) is 43.9 Å². The van der Waals surface area contributed by atoms with Crippen LogP contribution in [0.4, 0.5) is 0 Å². The second-order valence-electron chi connectivity index (χ2n) is 9.90. The van der Waals surface area contributed by atoms with Crippen molar-refractivity contribution in [2.75, 3.05) is 19.8 Å². The number of rotatable bonds is 12. The van der Waals surface area contributed by atoms with Crippen molar-refractivity contribution in [1.82, 2.24) is 10.6 Å². The van der Waals surface area contributed by atoms with Crippen molar-refractivity contribution in [2.24, 2.45) is 0 Å². The molecule has 0 aromatic carbocycles. The lowest BCUT2D eigenvalue weighted by atomic mass is 9.87. The molecule has 0 aromatic rings. The van der Waals surface area contributed by atoms with Gasteiger partial charge in [-0.3, -0.25) is 9.59 Å². The predicted molar refractivity (Wildman–Crippen MR) is 127 cm³/mol. The van der Waals surface area contributed by atoms with Gasteiger partial charge in [0.1, 0.15) is 43.2 Å². The Morgan fingerprint density at radius 1 is 0.857 bits per heavy atom. The van der Waals surface area contributed by atoms with E-state index >= 15 is 0 Å². The van der Waals surface area contributed by atoms with Gasteiger partial charge in [-0.2, -0.15) is 0 Å². The summed E-state index contributed by atoms with van der Waals surface area (Å²) in [5, 5.41) is 115. The van der Waals surface area contributed by atoms with Crippen LogP contribution in [0.5, 0.6) is 0 Å². The lowest BCUT2D eigenvalue weighted by molar-refractivity contribution is -0.332. The van der Waals surface area contributed by atoms with Gasteiger partial charge in [0.25, 0.3) is 5.79 Å². The molecule has 20 heteroatoms. The van der Waals surface area contributed by atoms with Crippen LogP contribution >= 0.6 is 0 Å². The number of aliphatic hydroxyl groups excluding tert-OH is 9. The van der Waals surface area contributed by atoms with Crippen LogP contribution in [-0.4, -0.2) is 172 Å². The Balaban J connectivity index is 2.46. The number of ether oxygens (including phenoxy) is 3. The second kappa shape index (κ2) is 14.2. The first-order valence-electron chi connectivity index (χ1n) is 12.5. The highest BCUT2D eigenvalue weighted by Gasteiger charge is 2.61. The van der Waals surface area contributed by atoms with Crippen LogP contribution in [-0.2, 0) is 33.4 Å². The molecule has 2 heterocycles. The molecule has 12 atom stereocenters. The van der Waals surface area contributed by atoms with Crippen LogP contribution in [0.2, 0.25) is 0 Å². The Labute approximate surface area is 236 Å². The zero-order valence-corrected chi connectivity index (χ0v) is 22.1. The molecule has 0 aromatic heterocycles. The van der Waals surface area contributed by atoms with Crippen LogP contribution in [0, 0.1) is 0 Å². The van der Waals surface area contributed by atoms with E-state index in [9.17, 15) is 70.2 Å². The van der Waals surface area contributed by atoms with Gasteiger partial charge in [0.15, 0.2) is 0 Å². The van der Waals surface area contributed by atoms with Crippen LogP contribution in [0.15, 0.2) is 0 Å². The van der Waals surface area contributed by atoms with Gasteiger partial charge in [-0.05, 0) is 0 Å². The lowest BCUT2D eigenvalue weighted by Gasteiger charge is -2.48. The number of carboxylic acid groups (broad SMARTS) is 1. The van der Waals surface area contributed by atoms with E-state index in [2.05, 4.69) is 5.32 Å². The summed E-state index contributed by atoms with van der Waals surface area (Å²) in [6, 6.07) is -3.33. The first-order chi connectivity index (χ1) is 19.5. The molecule has 242 valence electrons. The predicted octanol–water partition coefficient (Wildman–Crippen LogP) is -8.29. The molecule has 0 unspecified atom stereocenters. The molecule has 2 fully saturated rings. The molecule has 2 aliphatic rings. The van der Waals surface area contributed by atoms with E-state index < -0.39 is 129 Å². The van der Waals surface area contributed by atoms with E-state index in [0.29, 0.717) is 0 Å². The Bertz CT molecular complexity index is 985. The molecule has 2 rings (SSSR count). The molecule has 0 bridgehead atoms. The van der Waals surface area contributed by atoms with Gasteiger partial charge in [-0.1, -0.05) is 0 Å². The SMILES string of the molecule is CC(=O)N[C@H]1[C@H]([C@H](O)[C@H](O)CO)O[C@](O)(C(=O)O[C@@]2(C(=O)O)C[C@H](O)[C@@H](NC(=O)CO)[C@H]([C@H](O)[C@H](O)CO)O2)C[C@@H]1O. The molecule has 2 aliphatic heterocycles. The number of hydrogen-bond acceptors (Lipinski definition) is 17. The minimum atomic E-state index is -3.33. The zero-order valence-electron chi connectivity index (χ0n) is 22.1. The number of hydrogen-bond donors (Lipinski definition) is 13. The summed E-state index contributed by atoms with van der Waals surface area (Å²) in [7, 11) is 0. The first-order valence-corrected chi connectivity index (χ1v) is 12.5. The van der Waals surface area contributed by atoms with E-state index in [1.165, 1.54) is 0 Å². The van der Waals surface area contributed by atoms with E-state index in [1.54, 1.807) is 0 Å². The van der Waals surface area contributed by atoms with Crippen molar-refractivity contribution in [1.29, 1.82) is 0 Å². The first kappa shape index (κ1) is 35.6. The van der Waals surface area contributed by atoms with Crippen molar-refractivity contribution < 1.29 is 89.6 Å². The highest BCUT2D eigenvalue weighted by Crippen LogP contribution is 2.37. The fraction of sp³-hybridized carbons (Fsp3) is 0.818. The molecule has 0 saturated carbocycles. The van der Waals surface area contributed by atoms with E-state index in [4.69, 9.17) is 19.3 Å². The second-order valence-corrected chi connectivity index (χ2v) is 9.90. The average molecular weight is 617 g/mol. The van der Waals surface area contributed by atoms with Gasteiger partial charge >= 0.3 is 17.7 Å². The maximum absolute atomic E-state index is 13.2. The summed E-state index contributed by atoms with van der Waals surface area (Å²) in [6.07, 6.45) is -18.9. The third-order valence-electron chi connectivity index (χ3n) is 6.74. The number of esters is 1. The average Bonchev–Trinajstić information content (AvgIpc) is 2.93. The van der Waals surface area contributed by atoms with Gasteiger partial charge < -0.3 is 81.0 Å². The highest BCUT2D eigenvalue weighted by molar-refractivity contribution is 5.84. The largest absolute Gasteiger partial charge is 0.476 e. The molecule has 0 spiro atoms. The van der Waals surface area contributed by atoms with E-state index in [1.807, 2.05) is 5.32 Å². The number of aliphatic carboxylic acids is 1. The van der Waals surface area contributed by atoms with Crippen molar-refractivity contribution in [3.63, 3.8) is 0 Å². The normalized spacial score (nSPS) is 36.2. The van der Waals surface area contributed by atoms with E-state index in [-0.39, 0.29) is 0 Å². The minimum Gasteiger partial charge on any atom is -0.476 e. The van der Waals surface area contributed by atoms with E-state index in [0.717, 1.165) is 6.92 Å². The monoisotopic (exact) mass is 616 g/mol. The summed E-state index contributed by atoms with van der Waals surface area (Å²) in [4.78, 5) is 48.9. The van der Waals surface area contributed by atoms with Crippen molar-refractivity contribution in [2.45, 2.75) is 92.3 Å². The van der Waals surface area contributed by atoms with Crippen molar-refractivity contribution >= 4 is 23.8 Å². The maximum atomic E-state index is 13.2. The number of amides is 2. The van der Waals surface area contributed by atoms with Crippen molar-refractivity contribution in [3.8, 4) is 0 Å². The fourth-order valence-electron chi connectivity index (χ4n) is 4.59. The molecule has 0 aliphatic carbocycles. The Hall–Kier alpha value is -2.60. The van der Waals surface area contributed by atoms with Crippen LogP contribution in [0.1, 0.15) is 19.8 Å². The van der Waals surface area contributed by atoms with Crippen LogP contribution in [0.3, 0.4) is 0 Å². The smallest absolute Gasteiger partial charge is 0.377 e. The molecule has 42 heavy (non-hydrogen) atoms. The number of carbonyl (C=O) groups excluding carboxylic acids is 3. The molecule has 2 amide bonds. The van der Waals surface area contributed by atoms with Gasteiger partial charge in [-0.25, -0.2) is 9.59 Å². The van der Waals surface area contributed by atoms with Gasteiger partial charge in [0.2, 0.25) is 11.8 Å². The standard InChI is InChI=1S/C22H36N2O18/c1-7(28)23-13-8(29)2-21(39,40-17(13)15(34)10(31)4-25)20(38)42-22(19(36)37)3-9(30)14(24-12(33)6-27)18(41-22)16(35)11(32)5-26/h8-11,13-18,25-27,29-32,34-35,39H,2-6H2,1H3,(H,23,28)(H,24,33)(H,36,37)/t8-,9-,10+,11+,13+,14+,15+,16+,17+,18+,21-,22+/m0/s1. The summed E-state index contributed by atoms with van der Waals surface area (Å²) in [5.74, 6) is -12.7. The number of carbonyl (C=O) groups is 4. The van der Waals surface area contributed by atoms with Crippen molar-refractivity contribution in [3.05, 3.63) is 0 Å². The minimum absolute atomic E-state index is 0.779. The molecule has 20 nitrogen and oxygen atoms in total. The fourth-order valence-corrected chi connectivity index (χ4v) is 4.59. The summed E-state index contributed by atoms with van der Waals surface area (Å²) < 4.78 is 15.3. The lowest BCUT2D eigenvalue weighted by Crippen LogP contribution is -2.70. The topological polar surface area (TPSA) is 343 Å². The summed E-state index contributed by atoms with van der Waals surface area (Å²) >= 11 is 0. The zero-order chi connectivity index (χ0) is 32.2. The summed E-state index contributed by atoms with van der Waals surface area (Å²) in [6.45, 7) is -2.32. The Kier molecular flexibility index (Phi) is 12.1. The molecular weight excluding hydrogens is 580 g/mol. The number of carboxylic acids is 1. The Morgan fingerprint density at radius 2 is 1.33 bits per heavy atom. The van der Waals surface area contributed by atoms with Crippen LogP contribution < -0.4 is 10.6 Å². The number of aliphatic hydroxyl groups is 10. The molecule has 2 saturated heterocycles. The highest BCUT2D eigenvalue weighted by atomic mass is 16.8.